The summed E-state index contributed by atoms with van der Waals surface area (Å²) in [5.74, 6) is 0.195. The van der Waals surface area contributed by atoms with E-state index in [-0.39, 0.29) is 11.3 Å². The van der Waals surface area contributed by atoms with Crippen molar-refractivity contribution in [3.63, 3.8) is 0 Å². The van der Waals surface area contributed by atoms with Crippen LogP contribution in [0.1, 0.15) is 86.5 Å². The van der Waals surface area contributed by atoms with Gasteiger partial charge in [-0.25, -0.2) is 0 Å². The standard InChI is InChI=1S/C17H35NO/c1-16(2,3)12-10-8-7-9-11-13-18-15(19)14-17(4,5)6/h7-14H2,1-6H3,(H,18,19). The van der Waals surface area contributed by atoms with E-state index in [2.05, 4.69) is 46.9 Å². The maximum absolute atomic E-state index is 11.6. The molecule has 0 saturated carbocycles. The van der Waals surface area contributed by atoms with Crippen LogP contribution in [-0.2, 0) is 4.79 Å². The molecule has 2 nitrogen and oxygen atoms in total. The molecule has 114 valence electrons. The summed E-state index contributed by atoms with van der Waals surface area (Å²) in [4.78, 5) is 11.6. The molecule has 0 aromatic heterocycles. The van der Waals surface area contributed by atoms with Crippen LogP contribution in [0.3, 0.4) is 0 Å². The van der Waals surface area contributed by atoms with Gasteiger partial charge in [0.15, 0.2) is 0 Å². The van der Waals surface area contributed by atoms with Crippen LogP contribution in [-0.4, -0.2) is 12.5 Å². The zero-order valence-electron chi connectivity index (χ0n) is 14.1. The van der Waals surface area contributed by atoms with Crippen LogP contribution in [0.4, 0.5) is 0 Å². The topological polar surface area (TPSA) is 29.1 Å². The van der Waals surface area contributed by atoms with E-state index >= 15 is 0 Å². The molecule has 0 spiro atoms. The van der Waals surface area contributed by atoms with E-state index in [0.717, 1.165) is 13.0 Å². The normalized spacial score (nSPS) is 12.5. The molecular weight excluding hydrogens is 234 g/mol. The number of carbonyl (C=O) groups excluding carboxylic acids is 1. The van der Waals surface area contributed by atoms with Gasteiger partial charge in [-0.2, -0.15) is 0 Å². The van der Waals surface area contributed by atoms with Crippen LogP contribution in [0, 0.1) is 10.8 Å². The van der Waals surface area contributed by atoms with E-state index in [0.29, 0.717) is 11.8 Å². The minimum atomic E-state index is 0.0943. The highest BCUT2D eigenvalue weighted by Gasteiger charge is 2.15. The molecule has 0 atom stereocenters. The lowest BCUT2D eigenvalue weighted by molar-refractivity contribution is -0.122. The third-order valence-electron chi connectivity index (χ3n) is 3.12. The Balaban J connectivity index is 3.35. The van der Waals surface area contributed by atoms with Gasteiger partial charge in [-0.3, -0.25) is 4.79 Å². The molecule has 0 aromatic carbocycles. The molecule has 0 heterocycles. The van der Waals surface area contributed by atoms with Gasteiger partial charge in [-0.15, -0.1) is 0 Å². The molecule has 0 bridgehead atoms. The van der Waals surface area contributed by atoms with Crippen molar-refractivity contribution in [2.24, 2.45) is 10.8 Å². The van der Waals surface area contributed by atoms with Gasteiger partial charge in [0.2, 0.25) is 5.91 Å². The summed E-state index contributed by atoms with van der Waals surface area (Å²) in [6.45, 7) is 14.0. The largest absolute Gasteiger partial charge is 0.356 e. The summed E-state index contributed by atoms with van der Waals surface area (Å²) < 4.78 is 0. The molecule has 0 aliphatic rings. The van der Waals surface area contributed by atoms with Crippen LogP contribution < -0.4 is 5.32 Å². The highest BCUT2D eigenvalue weighted by molar-refractivity contribution is 5.76. The van der Waals surface area contributed by atoms with Crippen LogP contribution in [0.25, 0.3) is 0 Å². The molecule has 2 heteroatoms. The third-order valence-corrected chi connectivity index (χ3v) is 3.12. The number of rotatable bonds is 8. The van der Waals surface area contributed by atoms with Crippen molar-refractivity contribution in [3.8, 4) is 0 Å². The molecule has 0 unspecified atom stereocenters. The summed E-state index contributed by atoms with van der Waals surface area (Å²) in [6.07, 6.45) is 8.25. The SMILES string of the molecule is CC(C)(C)CCCCCCCNC(=O)CC(C)(C)C. The molecular formula is C17H35NO. The number of carbonyl (C=O) groups is 1. The average molecular weight is 269 g/mol. The zero-order chi connectivity index (χ0) is 14.9. The lowest BCUT2D eigenvalue weighted by atomic mass is 9.89. The summed E-state index contributed by atoms with van der Waals surface area (Å²) in [5, 5.41) is 3.02. The van der Waals surface area contributed by atoms with Crippen LogP contribution >= 0.6 is 0 Å². The van der Waals surface area contributed by atoms with Crippen LogP contribution in [0.2, 0.25) is 0 Å². The van der Waals surface area contributed by atoms with Crippen molar-refractivity contribution < 1.29 is 4.79 Å². The molecule has 1 N–H and O–H groups in total. The van der Waals surface area contributed by atoms with E-state index in [1.54, 1.807) is 0 Å². The molecule has 0 radical (unpaired) electrons. The first-order chi connectivity index (χ1) is 8.60. The summed E-state index contributed by atoms with van der Waals surface area (Å²) in [7, 11) is 0. The first kappa shape index (κ1) is 18.5. The van der Waals surface area contributed by atoms with Gasteiger partial charge >= 0.3 is 0 Å². The van der Waals surface area contributed by atoms with Gasteiger partial charge in [0.05, 0.1) is 0 Å². The Morgan fingerprint density at radius 1 is 0.789 bits per heavy atom. The molecule has 0 aliphatic carbocycles. The Morgan fingerprint density at radius 3 is 1.84 bits per heavy atom. The van der Waals surface area contributed by atoms with Gasteiger partial charge in [0, 0.05) is 13.0 Å². The van der Waals surface area contributed by atoms with Gasteiger partial charge in [0.25, 0.3) is 0 Å². The Labute approximate surface area is 120 Å². The highest BCUT2D eigenvalue weighted by atomic mass is 16.1. The van der Waals surface area contributed by atoms with E-state index in [1.807, 2.05) is 0 Å². The number of unbranched alkanes of at least 4 members (excludes halogenated alkanes) is 4. The zero-order valence-corrected chi connectivity index (χ0v) is 14.1. The van der Waals surface area contributed by atoms with Crippen LogP contribution in [0.5, 0.6) is 0 Å². The number of nitrogens with one attached hydrogen (secondary N) is 1. The van der Waals surface area contributed by atoms with Crippen molar-refractivity contribution in [1.82, 2.24) is 5.32 Å². The lowest BCUT2D eigenvalue weighted by Crippen LogP contribution is -2.28. The second kappa shape index (κ2) is 8.60. The fourth-order valence-corrected chi connectivity index (χ4v) is 2.08. The van der Waals surface area contributed by atoms with Gasteiger partial charge < -0.3 is 5.32 Å². The van der Waals surface area contributed by atoms with Crippen LogP contribution in [0.15, 0.2) is 0 Å². The summed E-state index contributed by atoms with van der Waals surface area (Å²) in [6, 6.07) is 0. The number of amides is 1. The third kappa shape index (κ3) is 15.4. The monoisotopic (exact) mass is 269 g/mol. The maximum atomic E-state index is 11.6. The summed E-state index contributed by atoms with van der Waals surface area (Å²) >= 11 is 0. The van der Waals surface area contributed by atoms with Crippen molar-refractivity contribution in [2.45, 2.75) is 86.5 Å². The number of hydrogen-bond donors (Lipinski definition) is 1. The van der Waals surface area contributed by atoms with Crippen molar-refractivity contribution in [3.05, 3.63) is 0 Å². The first-order valence-electron chi connectivity index (χ1n) is 7.87. The van der Waals surface area contributed by atoms with Gasteiger partial charge in [0.1, 0.15) is 0 Å². The maximum Gasteiger partial charge on any atom is 0.220 e. The second-order valence-electron chi connectivity index (χ2n) is 8.17. The fraction of sp³-hybridized carbons (Fsp3) is 0.941. The average Bonchev–Trinajstić information content (AvgIpc) is 2.17. The molecule has 0 rings (SSSR count). The van der Waals surface area contributed by atoms with Crippen molar-refractivity contribution >= 4 is 5.91 Å². The van der Waals surface area contributed by atoms with E-state index in [4.69, 9.17) is 0 Å². The minimum Gasteiger partial charge on any atom is -0.356 e. The van der Waals surface area contributed by atoms with Crippen molar-refractivity contribution in [1.29, 1.82) is 0 Å². The smallest absolute Gasteiger partial charge is 0.220 e. The quantitative estimate of drug-likeness (QED) is 0.622. The van der Waals surface area contributed by atoms with Gasteiger partial charge in [-0.05, 0) is 23.7 Å². The summed E-state index contributed by atoms with van der Waals surface area (Å²) in [5.41, 5.74) is 0.567. The second-order valence-corrected chi connectivity index (χ2v) is 8.17. The van der Waals surface area contributed by atoms with E-state index in [9.17, 15) is 4.79 Å². The van der Waals surface area contributed by atoms with Crippen molar-refractivity contribution in [2.75, 3.05) is 6.54 Å². The van der Waals surface area contributed by atoms with E-state index < -0.39 is 0 Å². The highest BCUT2D eigenvalue weighted by Crippen LogP contribution is 2.22. The Morgan fingerprint density at radius 2 is 1.32 bits per heavy atom. The van der Waals surface area contributed by atoms with Gasteiger partial charge in [-0.1, -0.05) is 67.2 Å². The molecule has 19 heavy (non-hydrogen) atoms. The number of hydrogen-bond acceptors (Lipinski definition) is 1. The molecule has 1 amide bonds. The predicted octanol–water partition coefficient (Wildman–Crippen LogP) is 4.93. The molecule has 0 aliphatic heterocycles. The minimum absolute atomic E-state index is 0.0943. The molecule has 0 aromatic rings. The fourth-order valence-electron chi connectivity index (χ4n) is 2.08. The Bertz CT molecular complexity index is 245. The predicted molar refractivity (Wildman–Crippen MR) is 84.2 cm³/mol. The lowest BCUT2D eigenvalue weighted by Gasteiger charge is -2.17. The molecule has 0 fully saturated rings. The molecule has 0 saturated heterocycles. The first-order valence-corrected chi connectivity index (χ1v) is 7.87. The Kier molecular flexibility index (Phi) is 8.36. The Hall–Kier alpha value is -0.530. The van der Waals surface area contributed by atoms with E-state index in [1.165, 1.54) is 32.1 Å².